The zero-order chi connectivity index (χ0) is 22.0. The number of carbonyl (C=O) groups is 2. The van der Waals surface area contributed by atoms with Gasteiger partial charge in [-0.2, -0.15) is 26.3 Å². The highest BCUT2D eigenvalue weighted by molar-refractivity contribution is 5.96. The van der Waals surface area contributed by atoms with Crippen LogP contribution in [0.4, 0.5) is 26.3 Å². The van der Waals surface area contributed by atoms with Crippen molar-refractivity contribution >= 4 is 11.9 Å². The van der Waals surface area contributed by atoms with Gasteiger partial charge in [0.25, 0.3) is 5.91 Å². The van der Waals surface area contributed by atoms with Crippen LogP contribution in [-0.4, -0.2) is 42.4 Å². The van der Waals surface area contributed by atoms with Crippen molar-refractivity contribution in [1.82, 2.24) is 10.3 Å². The molecule has 12 heteroatoms. The van der Waals surface area contributed by atoms with Gasteiger partial charge in [-0.15, -0.1) is 0 Å². The van der Waals surface area contributed by atoms with E-state index in [-0.39, 0.29) is 11.5 Å². The van der Waals surface area contributed by atoms with E-state index in [2.05, 4.69) is 10.3 Å². The zero-order valence-electron chi connectivity index (χ0n) is 15.4. The van der Waals surface area contributed by atoms with Crippen LogP contribution in [0.1, 0.15) is 36.7 Å². The quantitative estimate of drug-likeness (QED) is 0.585. The number of esters is 1. The summed E-state index contributed by atoms with van der Waals surface area (Å²) in [6.45, 7) is 1.04. The van der Waals surface area contributed by atoms with Crippen LogP contribution in [0.5, 0.6) is 11.5 Å². The minimum atomic E-state index is -4.83. The Morgan fingerprint density at radius 1 is 1.07 bits per heavy atom. The molecule has 29 heavy (non-hydrogen) atoms. The smallest absolute Gasteiger partial charge is 0.391 e. The van der Waals surface area contributed by atoms with E-state index in [1.165, 1.54) is 13.2 Å². The maximum atomic E-state index is 13.1. The standard InChI is InChI=1S/C17H18F6N2O4/c1-8(26)29-14-12(28-2)3-4-24-13(14)15(27)25-11-6-9(16(18,19)20)5-10(7-11)17(21,22)23/h3-4,9-11H,5-7H2,1-2H3,(H,25,27). The van der Waals surface area contributed by atoms with Gasteiger partial charge in [-0.05, 0) is 19.3 Å². The van der Waals surface area contributed by atoms with Crippen LogP contribution in [-0.2, 0) is 4.79 Å². The third kappa shape index (κ3) is 5.73. The highest BCUT2D eigenvalue weighted by Gasteiger charge is 2.52. The number of methoxy groups -OCH3 is 1. The second-order valence-electron chi connectivity index (χ2n) is 6.64. The summed E-state index contributed by atoms with van der Waals surface area (Å²) in [5.74, 6) is -6.74. The van der Waals surface area contributed by atoms with Crippen molar-refractivity contribution in [3.8, 4) is 11.5 Å². The van der Waals surface area contributed by atoms with Gasteiger partial charge in [0.1, 0.15) is 0 Å². The summed E-state index contributed by atoms with van der Waals surface area (Å²) in [5, 5.41) is 2.16. The predicted octanol–water partition coefficient (Wildman–Crippen LogP) is 3.65. The molecule has 1 fully saturated rings. The number of pyridine rings is 1. The number of carbonyl (C=O) groups excluding carboxylic acids is 2. The first-order chi connectivity index (χ1) is 13.3. The average molecular weight is 428 g/mol. The molecular weight excluding hydrogens is 410 g/mol. The predicted molar refractivity (Wildman–Crippen MR) is 86.3 cm³/mol. The lowest BCUT2D eigenvalue weighted by atomic mass is 9.77. The van der Waals surface area contributed by atoms with Crippen LogP contribution in [0, 0.1) is 11.8 Å². The summed E-state index contributed by atoms with van der Waals surface area (Å²) in [5.41, 5.74) is -0.489. The Morgan fingerprint density at radius 2 is 1.62 bits per heavy atom. The zero-order valence-corrected chi connectivity index (χ0v) is 15.4. The lowest BCUT2D eigenvalue weighted by Gasteiger charge is -2.36. The van der Waals surface area contributed by atoms with Crippen LogP contribution >= 0.6 is 0 Å². The lowest BCUT2D eigenvalue weighted by molar-refractivity contribution is -0.225. The number of alkyl halides is 6. The van der Waals surface area contributed by atoms with Gasteiger partial charge < -0.3 is 14.8 Å². The number of rotatable bonds is 4. The molecule has 162 valence electrons. The summed E-state index contributed by atoms with van der Waals surface area (Å²) in [6, 6.07) is -0.123. The van der Waals surface area contributed by atoms with Crippen molar-refractivity contribution < 1.29 is 45.4 Å². The molecule has 2 atom stereocenters. The Hall–Kier alpha value is -2.53. The van der Waals surface area contributed by atoms with Gasteiger partial charge in [0, 0.05) is 25.2 Å². The number of hydrogen-bond acceptors (Lipinski definition) is 5. The van der Waals surface area contributed by atoms with Crippen molar-refractivity contribution in [3.63, 3.8) is 0 Å². The Labute approximate surface area is 161 Å². The molecule has 0 aliphatic heterocycles. The number of ether oxygens (including phenoxy) is 2. The monoisotopic (exact) mass is 428 g/mol. The molecule has 1 N–H and O–H groups in total. The first kappa shape index (κ1) is 22.8. The van der Waals surface area contributed by atoms with Crippen molar-refractivity contribution in [2.45, 2.75) is 44.6 Å². The van der Waals surface area contributed by atoms with E-state index in [4.69, 9.17) is 9.47 Å². The molecule has 0 saturated heterocycles. The molecule has 1 heterocycles. The second kappa shape index (κ2) is 8.46. The molecule has 2 unspecified atom stereocenters. The number of nitrogens with zero attached hydrogens (tertiary/aromatic N) is 1. The van der Waals surface area contributed by atoms with Gasteiger partial charge in [-0.3, -0.25) is 9.59 Å². The molecule has 0 radical (unpaired) electrons. The highest BCUT2D eigenvalue weighted by atomic mass is 19.4. The largest absolute Gasteiger partial charge is 0.493 e. The molecule has 1 aromatic rings. The first-order valence-electron chi connectivity index (χ1n) is 8.48. The normalized spacial score (nSPS) is 22.7. The van der Waals surface area contributed by atoms with E-state index in [0.717, 1.165) is 13.1 Å². The Bertz CT molecular complexity index is 743. The molecule has 0 bridgehead atoms. The number of halogens is 6. The Morgan fingerprint density at radius 3 is 2.07 bits per heavy atom. The molecule has 0 spiro atoms. The molecular formula is C17H18F6N2O4. The Kier molecular flexibility index (Phi) is 6.63. The van der Waals surface area contributed by atoms with Gasteiger partial charge in [-0.1, -0.05) is 0 Å². The van der Waals surface area contributed by atoms with E-state index in [9.17, 15) is 35.9 Å². The fraction of sp³-hybridized carbons (Fsp3) is 0.588. The van der Waals surface area contributed by atoms with E-state index < -0.39 is 67.1 Å². The van der Waals surface area contributed by atoms with E-state index in [1.807, 2.05) is 0 Å². The lowest BCUT2D eigenvalue weighted by Crippen LogP contribution is -2.47. The number of amides is 1. The van der Waals surface area contributed by atoms with Gasteiger partial charge in [0.15, 0.2) is 11.4 Å². The molecule has 1 saturated carbocycles. The number of hydrogen-bond donors (Lipinski definition) is 1. The van der Waals surface area contributed by atoms with Crippen molar-refractivity contribution in [3.05, 3.63) is 18.0 Å². The summed E-state index contributed by atoms with van der Waals surface area (Å²) in [4.78, 5) is 27.5. The van der Waals surface area contributed by atoms with Crippen LogP contribution in [0.25, 0.3) is 0 Å². The number of aromatic nitrogens is 1. The van der Waals surface area contributed by atoms with E-state index >= 15 is 0 Å². The maximum Gasteiger partial charge on any atom is 0.391 e. The van der Waals surface area contributed by atoms with Crippen molar-refractivity contribution in [1.29, 1.82) is 0 Å². The summed E-state index contributed by atoms with van der Waals surface area (Å²) in [7, 11) is 1.22. The summed E-state index contributed by atoms with van der Waals surface area (Å²) >= 11 is 0. The molecule has 1 aromatic heterocycles. The molecule has 1 aliphatic carbocycles. The third-order valence-corrected chi connectivity index (χ3v) is 4.52. The van der Waals surface area contributed by atoms with Crippen molar-refractivity contribution in [2.24, 2.45) is 11.8 Å². The van der Waals surface area contributed by atoms with Crippen LogP contribution in [0.15, 0.2) is 12.3 Å². The summed E-state index contributed by atoms with van der Waals surface area (Å²) < 4.78 is 88.3. The molecule has 2 rings (SSSR count). The van der Waals surface area contributed by atoms with E-state index in [0.29, 0.717) is 0 Å². The second-order valence-corrected chi connectivity index (χ2v) is 6.64. The minimum Gasteiger partial charge on any atom is -0.493 e. The SMILES string of the molecule is COc1ccnc(C(=O)NC2CC(C(F)(F)F)CC(C(F)(F)F)C2)c1OC(C)=O. The summed E-state index contributed by atoms with van der Waals surface area (Å²) in [6.07, 6.45) is -11.0. The highest BCUT2D eigenvalue weighted by Crippen LogP contribution is 2.45. The molecule has 1 amide bonds. The van der Waals surface area contributed by atoms with Crippen LogP contribution < -0.4 is 14.8 Å². The van der Waals surface area contributed by atoms with Gasteiger partial charge in [0.05, 0.1) is 18.9 Å². The minimum absolute atomic E-state index is 0.0506. The average Bonchev–Trinajstić information content (AvgIpc) is 2.59. The Balaban J connectivity index is 2.28. The number of nitrogens with one attached hydrogen (secondary N) is 1. The first-order valence-corrected chi connectivity index (χ1v) is 8.48. The maximum absolute atomic E-state index is 13.1. The van der Waals surface area contributed by atoms with Gasteiger partial charge in [-0.25, -0.2) is 4.98 Å². The molecule has 6 nitrogen and oxygen atoms in total. The van der Waals surface area contributed by atoms with E-state index in [1.54, 1.807) is 0 Å². The van der Waals surface area contributed by atoms with Crippen molar-refractivity contribution in [2.75, 3.05) is 7.11 Å². The molecule has 0 aromatic carbocycles. The fourth-order valence-electron chi connectivity index (χ4n) is 3.22. The van der Waals surface area contributed by atoms with Crippen LogP contribution in [0.3, 0.4) is 0 Å². The third-order valence-electron chi connectivity index (χ3n) is 4.52. The molecule has 1 aliphatic rings. The van der Waals surface area contributed by atoms with Crippen LogP contribution in [0.2, 0.25) is 0 Å². The topological polar surface area (TPSA) is 77.5 Å². The van der Waals surface area contributed by atoms with Gasteiger partial charge >= 0.3 is 18.3 Å². The fourth-order valence-corrected chi connectivity index (χ4v) is 3.22. The van der Waals surface area contributed by atoms with Gasteiger partial charge in [0.2, 0.25) is 5.75 Å².